The molecule has 0 radical (unpaired) electrons. The van der Waals surface area contributed by atoms with E-state index in [1.807, 2.05) is 20.8 Å². The van der Waals surface area contributed by atoms with Crippen LogP contribution in [0.4, 0.5) is 4.39 Å². The summed E-state index contributed by atoms with van der Waals surface area (Å²) in [5.74, 6) is -0.535. The molecule has 0 bridgehead atoms. The summed E-state index contributed by atoms with van der Waals surface area (Å²) in [5.41, 5.74) is 0.105. The van der Waals surface area contributed by atoms with Crippen LogP contribution in [0.15, 0.2) is 24.3 Å². The summed E-state index contributed by atoms with van der Waals surface area (Å²) >= 11 is 0. The Morgan fingerprint density at radius 1 is 1.37 bits per heavy atom. The zero-order valence-electron chi connectivity index (χ0n) is 12.3. The highest BCUT2D eigenvalue weighted by molar-refractivity contribution is 5.83. The smallest absolute Gasteiger partial charge is 0.242 e. The molecular weight excluding hydrogens is 243 g/mol. The fourth-order valence-electron chi connectivity index (χ4n) is 1.84. The molecule has 4 heteroatoms. The van der Waals surface area contributed by atoms with Crippen molar-refractivity contribution in [1.82, 2.24) is 10.2 Å². The number of amides is 1. The molecule has 0 aromatic heterocycles. The molecule has 106 valence electrons. The average Bonchev–Trinajstić information content (AvgIpc) is 2.31. The van der Waals surface area contributed by atoms with Crippen LogP contribution >= 0.6 is 0 Å². The Hall–Kier alpha value is -1.42. The van der Waals surface area contributed by atoms with E-state index < -0.39 is 6.04 Å². The minimum absolute atomic E-state index is 0.179. The van der Waals surface area contributed by atoms with Gasteiger partial charge in [-0.25, -0.2) is 4.39 Å². The van der Waals surface area contributed by atoms with Gasteiger partial charge in [0, 0.05) is 11.1 Å². The molecule has 1 aromatic carbocycles. The number of carbonyl (C=O) groups is 1. The van der Waals surface area contributed by atoms with Crippen molar-refractivity contribution in [2.24, 2.45) is 0 Å². The molecule has 1 aromatic rings. The fraction of sp³-hybridized carbons (Fsp3) is 0.533. The molecule has 1 amide bonds. The average molecular weight is 266 g/mol. The lowest BCUT2D eigenvalue weighted by Gasteiger charge is -2.30. The maximum absolute atomic E-state index is 13.9. The molecule has 3 nitrogen and oxygen atoms in total. The summed E-state index contributed by atoms with van der Waals surface area (Å²) < 4.78 is 13.9. The van der Waals surface area contributed by atoms with Crippen molar-refractivity contribution >= 4 is 5.91 Å². The second kappa shape index (κ2) is 6.15. The largest absolute Gasteiger partial charge is 0.350 e. The van der Waals surface area contributed by atoms with Gasteiger partial charge >= 0.3 is 0 Å². The van der Waals surface area contributed by atoms with E-state index in [0.29, 0.717) is 5.56 Å². The topological polar surface area (TPSA) is 32.3 Å². The second-order valence-corrected chi connectivity index (χ2v) is 5.61. The number of hydrogen-bond acceptors (Lipinski definition) is 2. The second-order valence-electron chi connectivity index (χ2n) is 5.61. The molecule has 0 saturated carbocycles. The maximum Gasteiger partial charge on any atom is 0.242 e. The van der Waals surface area contributed by atoms with Crippen molar-refractivity contribution in [2.75, 3.05) is 14.1 Å². The molecule has 0 aliphatic rings. The standard InChI is InChI=1S/C15H23FN2O/c1-6-15(2,3)17-14(19)13(18(4)5)11-9-7-8-10-12(11)16/h7-10,13H,6H2,1-5H3,(H,17,19). The van der Waals surface area contributed by atoms with Gasteiger partial charge in [0.1, 0.15) is 11.9 Å². The molecule has 0 spiro atoms. The van der Waals surface area contributed by atoms with Crippen molar-refractivity contribution in [3.8, 4) is 0 Å². The van der Waals surface area contributed by atoms with Crippen LogP contribution < -0.4 is 5.32 Å². The highest BCUT2D eigenvalue weighted by Crippen LogP contribution is 2.22. The summed E-state index contributed by atoms with van der Waals surface area (Å²) in [6.07, 6.45) is 0.816. The number of nitrogens with zero attached hydrogens (tertiary/aromatic N) is 1. The van der Waals surface area contributed by atoms with Crippen molar-refractivity contribution in [3.63, 3.8) is 0 Å². The van der Waals surface area contributed by atoms with E-state index in [1.54, 1.807) is 37.2 Å². The normalized spacial score (nSPS) is 13.4. The Kier molecular flexibility index (Phi) is 5.06. The first-order valence-corrected chi connectivity index (χ1v) is 6.51. The Labute approximate surface area is 114 Å². The number of benzene rings is 1. The number of nitrogens with one attached hydrogen (secondary N) is 1. The summed E-state index contributed by atoms with van der Waals surface area (Å²) in [5, 5.41) is 2.97. The molecule has 0 heterocycles. The van der Waals surface area contributed by atoms with Crippen LogP contribution in [0.1, 0.15) is 38.8 Å². The number of carbonyl (C=O) groups excluding carboxylic acids is 1. The zero-order chi connectivity index (χ0) is 14.6. The van der Waals surface area contributed by atoms with Gasteiger partial charge in [0.15, 0.2) is 0 Å². The summed E-state index contributed by atoms with van der Waals surface area (Å²) in [6.45, 7) is 5.92. The van der Waals surface area contributed by atoms with E-state index in [0.717, 1.165) is 6.42 Å². The molecule has 1 N–H and O–H groups in total. The maximum atomic E-state index is 13.9. The van der Waals surface area contributed by atoms with Crippen molar-refractivity contribution in [1.29, 1.82) is 0 Å². The van der Waals surface area contributed by atoms with Crippen LogP contribution in [0.2, 0.25) is 0 Å². The number of rotatable bonds is 5. The third-order valence-corrected chi connectivity index (χ3v) is 3.31. The SMILES string of the molecule is CCC(C)(C)NC(=O)C(c1ccccc1F)N(C)C. The van der Waals surface area contributed by atoms with Gasteiger partial charge in [0.05, 0.1) is 0 Å². The lowest BCUT2D eigenvalue weighted by atomic mass is 9.99. The van der Waals surface area contributed by atoms with E-state index in [9.17, 15) is 9.18 Å². The van der Waals surface area contributed by atoms with Gasteiger partial charge in [-0.1, -0.05) is 25.1 Å². The Morgan fingerprint density at radius 2 is 1.95 bits per heavy atom. The molecule has 1 atom stereocenters. The lowest BCUT2D eigenvalue weighted by molar-refractivity contribution is -0.127. The van der Waals surface area contributed by atoms with E-state index >= 15 is 0 Å². The van der Waals surface area contributed by atoms with Crippen LogP contribution in [0.5, 0.6) is 0 Å². The van der Waals surface area contributed by atoms with E-state index in [2.05, 4.69) is 5.32 Å². The van der Waals surface area contributed by atoms with Crippen molar-refractivity contribution in [3.05, 3.63) is 35.6 Å². The van der Waals surface area contributed by atoms with Gasteiger partial charge in [0.25, 0.3) is 0 Å². The van der Waals surface area contributed by atoms with Crippen molar-refractivity contribution in [2.45, 2.75) is 38.8 Å². The van der Waals surface area contributed by atoms with Gasteiger partial charge in [-0.2, -0.15) is 0 Å². The van der Waals surface area contributed by atoms with Crippen LogP contribution in [0.3, 0.4) is 0 Å². The molecule has 0 aliphatic carbocycles. The lowest BCUT2D eigenvalue weighted by Crippen LogP contribution is -2.47. The van der Waals surface area contributed by atoms with Gasteiger partial charge in [-0.05, 0) is 40.4 Å². The summed E-state index contributed by atoms with van der Waals surface area (Å²) in [6, 6.07) is 5.78. The van der Waals surface area contributed by atoms with E-state index in [1.165, 1.54) is 6.07 Å². The Morgan fingerprint density at radius 3 is 2.42 bits per heavy atom. The molecule has 0 aliphatic heterocycles. The summed E-state index contributed by atoms with van der Waals surface area (Å²) in [7, 11) is 3.55. The van der Waals surface area contributed by atoms with Gasteiger partial charge in [-0.15, -0.1) is 0 Å². The molecule has 19 heavy (non-hydrogen) atoms. The van der Waals surface area contributed by atoms with Crippen molar-refractivity contribution < 1.29 is 9.18 Å². The zero-order valence-corrected chi connectivity index (χ0v) is 12.3. The third-order valence-electron chi connectivity index (χ3n) is 3.31. The molecule has 1 rings (SSSR count). The van der Waals surface area contributed by atoms with Crippen LogP contribution in [-0.2, 0) is 4.79 Å². The number of hydrogen-bond donors (Lipinski definition) is 1. The molecule has 0 fully saturated rings. The van der Waals surface area contributed by atoms with Gasteiger partial charge in [0.2, 0.25) is 5.91 Å². The number of halogens is 1. The first-order chi connectivity index (χ1) is 8.78. The fourth-order valence-corrected chi connectivity index (χ4v) is 1.84. The van der Waals surface area contributed by atoms with E-state index in [4.69, 9.17) is 0 Å². The van der Waals surface area contributed by atoms with Crippen LogP contribution in [0, 0.1) is 5.82 Å². The van der Waals surface area contributed by atoms with Crippen LogP contribution in [-0.4, -0.2) is 30.4 Å². The number of likely N-dealkylation sites (N-methyl/N-ethyl adjacent to an activating group) is 1. The first-order valence-electron chi connectivity index (χ1n) is 6.51. The monoisotopic (exact) mass is 266 g/mol. The first kappa shape index (κ1) is 15.6. The van der Waals surface area contributed by atoms with E-state index in [-0.39, 0.29) is 17.3 Å². The highest BCUT2D eigenvalue weighted by atomic mass is 19.1. The predicted molar refractivity (Wildman–Crippen MR) is 75.3 cm³/mol. The Bertz CT molecular complexity index is 444. The quantitative estimate of drug-likeness (QED) is 0.888. The minimum atomic E-state index is -0.618. The highest BCUT2D eigenvalue weighted by Gasteiger charge is 2.29. The molecule has 1 unspecified atom stereocenters. The third kappa shape index (κ3) is 4.03. The Balaban J connectivity index is 3.03. The minimum Gasteiger partial charge on any atom is -0.350 e. The van der Waals surface area contributed by atoms with Gasteiger partial charge < -0.3 is 5.32 Å². The molecular formula is C15H23FN2O. The predicted octanol–water partition coefficient (Wildman–Crippen LogP) is 2.73. The van der Waals surface area contributed by atoms with Crippen LogP contribution in [0.25, 0.3) is 0 Å². The molecule has 0 saturated heterocycles. The summed E-state index contributed by atoms with van der Waals surface area (Å²) in [4.78, 5) is 14.1. The van der Waals surface area contributed by atoms with Gasteiger partial charge in [-0.3, -0.25) is 9.69 Å².